The van der Waals surface area contributed by atoms with E-state index in [2.05, 4.69) is 19.1 Å². The van der Waals surface area contributed by atoms with Crippen LogP contribution in [-0.2, 0) is 16.1 Å². The largest absolute Gasteiger partial charge is 0.504 e. The molecule has 0 heterocycles. The summed E-state index contributed by atoms with van der Waals surface area (Å²) in [4.78, 5) is 11.9. The number of phenolic OH excluding ortho intramolecular Hbond substituents is 1. The van der Waals surface area contributed by atoms with Gasteiger partial charge in [-0.25, -0.2) is 0 Å². The van der Waals surface area contributed by atoms with Crippen molar-refractivity contribution in [2.24, 2.45) is 0 Å². The number of esters is 1. The molecular formula is C26H42O5. The van der Waals surface area contributed by atoms with Crippen molar-refractivity contribution in [3.63, 3.8) is 0 Å². The topological polar surface area (TPSA) is 76.0 Å². The van der Waals surface area contributed by atoms with Crippen LogP contribution in [0.1, 0.15) is 96.0 Å². The fourth-order valence-electron chi connectivity index (χ4n) is 3.41. The maximum atomic E-state index is 11.9. The molecule has 5 heteroatoms. The van der Waals surface area contributed by atoms with E-state index in [1.807, 2.05) is 0 Å². The summed E-state index contributed by atoms with van der Waals surface area (Å²) >= 11 is 0. The highest BCUT2D eigenvalue weighted by Gasteiger charge is 2.06. The summed E-state index contributed by atoms with van der Waals surface area (Å²) in [5.41, 5.74) is 0.792. The van der Waals surface area contributed by atoms with Gasteiger partial charge in [-0.2, -0.15) is 0 Å². The van der Waals surface area contributed by atoms with Gasteiger partial charge in [0, 0.05) is 6.42 Å². The number of carbonyl (C=O) groups excluding carboxylic acids is 1. The highest BCUT2D eigenvalue weighted by atomic mass is 16.5. The van der Waals surface area contributed by atoms with Crippen LogP contribution in [0.3, 0.4) is 0 Å². The van der Waals surface area contributed by atoms with E-state index in [1.54, 1.807) is 12.1 Å². The molecule has 1 rings (SSSR count). The molecule has 0 bridgehead atoms. The van der Waals surface area contributed by atoms with Crippen LogP contribution in [0, 0.1) is 0 Å². The summed E-state index contributed by atoms with van der Waals surface area (Å²) in [6.45, 7) is 2.39. The molecule has 0 amide bonds. The van der Waals surface area contributed by atoms with Crippen molar-refractivity contribution in [3.8, 4) is 11.5 Å². The van der Waals surface area contributed by atoms with Crippen LogP contribution in [0.5, 0.6) is 11.5 Å². The molecule has 2 N–H and O–H groups in total. The van der Waals surface area contributed by atoms with E-state index >= 15 is 0 Å². The fraction of sp³-hybridized carbons (Fsp3) is 0.654. The lowest BCUT2D eigenvalue weighted by molar-refractivity contribution is -0.145. The number of aromatic hydroxyl groups is 1. The number of ether oxygens (including phenoxy) is 2. The van der Waals surface area contributed by atoms with Crippen LogP contribution in [0.2, 0.25) is 0 Å². The number of unbranched alkanes of at least 4 members (excludes halogenated alkanes) is 8. The first-order chi connectivity index (χ1) is 15.1. The zero-order valence-electron chi connectivity index (χ0n) is 19.5. The minimum absolute atomic E-state index is 0.0727. The first-order valence-electron chi connectivity index (χ1n) is 11.9. The molecule has 1 atom stereocenters. The third kappa shape index (κ3) is 13.8. The highest BCUT2D eigenvalue weighted by Crippen LogP contribution is 2.26. The van der Waals surface area contributed by atoms with E-state index in [1.165, 1.54) is 32.4 Å². The Morgan fingerprint density at radius 1 is 1.03 bits per heavy atom. The van der Waals surface area contributed by atoms with Gasteiger partial charge in [-0.15, -0.1) is 0 Å². The smallest absolute Gasteiger partial charge is 0.306 e. The molecule has 0 radical (unpaired) electrons. The zero-order chi connectivity index (χ0) is 22.7. The molecule has 0 aliphatic heterocycles. The standard InChI is InChI=1S/C26H42O5/c1-3-4-5-12-15-23(27)16-13-10-8-6-7-9-11-14-17-26(29)31-21-22-18-19-24(28)25(20-22)30-2/h10,13,18-20,23,27-28H,3-9,11-12,14-17,21H2,1-2H3/b13-10-/t23-/m1/s1. The van der Waals surface area contributed by atoms with Gasteiger partial charge in [-0.05, 0) is 49.8 Å². The van der Waals surface area contributed by atoms with Crippen molar-refractivity contribution >= 4 is 5.97 Å². The van der Waals surface area contributed by atoms with Gasteiger partial charge in [0.05, 0.1) is 13.2 Å². The summed E-state index contributed by atoms with van der Waals surface area (Å²) in [7, 11) is 1.49. The van der Waals surface area contributed by atoms with Crippen molar-refractivity contribution in [2.45, 2.75) is 103 Å². The van der Waals surface area contributed by atoms with Gasteiger partial charge in [0.1, 0.15) is 6.61 Å². The minimum Gasteiger partial charge on any atom is -0.504 e. The third-order valence-electron chi connectivity index (χ3n) is 5.36. The van der Waals surface area contributed by atoms with E-state index in [-0.39, 0.29) is 24.4 Å². The second kappa shape index (κ2) is 17.6. The monoisotopic (exact) mass is 434 g/mol. The molecule has 0 saturated heterocycles. The number of carbonyl (C=O) groups is 1. The molecule has 0 unspecified atom stereocenters. The van der Waals surface area contributed by atoms with Gasteiger partial charge in [-0.3, -0.25) is 4.79 Å². The lowest BCUT2D eigenvalue weighted by atomic mass is 10.1. The maximum absolute atomic E-state index is 11.9. The Bertz CT molecular complexity index is 626. The number of aliphatic hydroxyl groups excluding tert-OH is 1. The number of allylic oxidation sites excluding steroid dienone is 1. The van der Waals surface area contributed by atoms with Crippen molar-refractivity contribution in [1.82, 2.24) is 0 Å². The van der Waals surface area contributed by atoms with E-state index in [0.29, 0.717) is 12.2 Å². The third-order valence-corrected chi connectivity index (χ3v) is 5.36. The number of hydrogen-bond acceptors (Lipinski definition) is 5. The normalized spacial score (nSPS) is 12.2. The van der Waals surface area contributed by atoms with Crippen LogP contribution in [0.15, 0.2) is 30.4 Å². The lowest BCUT2D eigenvalue weighted by Gasteiger charge is -2.08. The summed E-state index contributed by atoms with van der Waals surface area (Å²) < 4.78 is 10.3. The van der Waals surface area contributed by atoms with Gasteiger partial charge in [-0.1, -0.05) is 70.1 Å². The second-order valence-corrected chi connectivity index (χ2v) is 8.18. The van der Waals surface area contributed by atoms with E-state index in [9.17, 15) is 15.0 Å². The number of benzene rings is 1. The van der Waals surface area contributed by atoms with Gasteiger partial charge in [0.2, 0.25) is 0 Å². The van der Waals surface area contributed by atoms with Crippen molar-refractivity contribution < 1.29 is 24.5 Å². The number of hydrogen-bond donors (Lipinski definition) is 2. The molecule has 0 spiro atoms. The first-order valence-corrected chi connectivity index (χ1v) is 11.9. The molecule has 31 heavy (non-hydrogen) atoms. The summed E-state index contributed by atoms with van der Waals surface area (Å²) in [5, 5.41) is 19.5. The fourth-order valence-corrected chi connectivity index (χ4v) is 3.41. The van der Waals surface area contributed by atoms with Gasteiger partial charge in [0.15, 0.2) is 11.5 Å². The van der Waals surface area contributed by atoms with Crippen molar-refractivity contribution in [1.29, 1.82) is 0 Å². The van der Waals surface area contributed by atoms with Crippen molar-refractivity contribution in [2.75, 3.05) is 7.11 Å². The molecule has 0 saturated carbocycles. The minimum atomic E-state index is -0.191. The van der Waals surface area contributed by atoms with E-state index < -0.39 is 0 Å². The quantitative estimate of drug-likeness (QED) is 0.158. The molecule has 0 fully saturated rings. The number of aliphatic hydroxyl groups is 1. The molecule has 0 aliphatic rings. The van der Waals surface area contributed by atoms with E-state index in [4.69, 9.17) is 9.47 Å². The predicted octanol–water partition coefficient (Wildman–Crippen LogP) is 6.45. The highest BCUT2D eigenvalue weighted by molar-refractivity contribution is 5.69. The first kappa shape index (κ1) is 27.0. The zero-order valence-corrected chi connectivity index (χ0v) is 19.5. The summed E-state index contributed by atoms with van der Waals surface area (Å²) in [5.74, 6) is 0.258. The average molecular weight is 435 g/mol. The molecule has 5 nitrogen and oxygen atoms in total. The molecule has 176 valence electrons. The number of rotatable bonds is 18. The van der Waals surface area contributed by atoms with Crippen molar-refractivity contribution in [3.05, 3.63) is 35.9 Å². The SMILES string of the molecule is CCCCCC[C@@H](O)C/C=C\CCCCCCCC(=O)OCc1ccc(O)c(OC)c1. The Hall–Kier alpha value is -2.01. The Morgan fingerprint density at radius 3 is 2.55 bits per heavy atom. The Balaban J connectivity index is 1.97. The summed E-state index contributed by atoms with van der Waals surface area (Å²) in [6.07, 6.45) is 17.4. The number of methoxy groups -OCH3 is 1. The molecule has 1 aromatic rings. The molecule has 0 aliphatic carbocycles. The molecule has 1 aromatic carbocycles. The van der Waals surface area contributed by atoms with Crippen LogP contribution in [0.4, 0.5) is 0 Å². The lowest BCUT2D eigenvalue weighted by Crippen LogP contribution is -2.04. The van der Waals surface area contributed by atoms with Crippen LogP contribution in [-0.4, -0.2) is 29.4 Å². The van der Waals surface area contributed by atoms with Crippen LogP contribution in [0.25, 0.3) is 0 Å². The number of phenols is 1. The average Bonchev–Trinajstić information content (AvgIpc) is 2.77. The van der Waals surface area contributed by atoms with Gasteiger partial charge in [0.25, 0.3) is 0 Å². The molecular weight excluding hydrogens is 392 g/mol. The van der Waals surface area contributed by atoms with Gasteiger partial charge < -0.3 is 19.7 Å². The van der Waals surface area contributed by atoms with Gasteiger partial charge >= 0.3 is 5.97 Å². The second-order valence-electron chi connectivity index (χ2n) is 8.18. The van der Waals surface area contributed by atoms with E-state index in [0.717, 1.165) is 63.4 Å². The Labute approximate surface area is 188 Å². The Kier molecular flexibility index (Phi) is 15.4. The van der Waals surface area contributed by atoms with Crippen LogP contribution >= 0.6 is 0 Å². The predicted molar refractivity (Wildman–Crippen MR) is 125 cm³/mol. The molecule has 0 aromatic heterocycles. The van der Waals surface area contributed by atoms with Crippen LogP contribution < -0.4 is 4.74 Å². The Morgan fingerprint density at radius 2 is 1.77 bits per heavy atom. The maximum Gasteiger partial charge on any atom is 0.306 e. The summed E-state index contributed by atoms with van der Waals surface area (Å²) in [6, 6.07) is 4.92.